The van der Waals surface area contributed by atoms with Gasteiger partial charge in [0.25, 0.3) is 0 Å². The number of hydrogen-bond acceptors (Lipinski definition) is 5. The fourth-order valence-electron chi connectivity index (χ4n) is 5.49. The molecule has 0 aromatic heterocycles. The molecule has 0 spiro atoms. The van der Waals surface area contributed by atoms with E-state index in [1.165, 1.54) is 7.11 Å². The number of esters is 2. The topological polar surface area (TPSA) is 69.7 Å². The Bertz CT molecular complexity index is 1210. The lowest BCUT2D eigenvalue weighted by Gasteiger charge is -2.23. The zero-order chi connectivity index (χ0) is 21.1. The van der Waals surface area contributed by atoms with E-state index in [1.807, 2.05) is 43.3 Å². The molecule has 2 aliphatic rings. The third-order valence-corrected chi connectivity index (χ3v) is 6.80. The Hall–Kier alpha value is -3.47. The molecule has 0 N–H and O–H groups in total. The molecule has 5 nitrogen and oxygen atoms in total. The van der Waals surface area contributed by atoms with Crippen LogP contribution in [-0.2, 0) is 14.3 Å². The first-order valence-electron chi connectivity index (χ1n) is 9.96. The summed E-state index contributed by atoms with van der Waals surface area (Å²) in [7, 11) is 1.24. The second kappa shape index (κ2) is 6.26. The van der Waals surface area contributed by atoms with Crippen LogP contribution in [-0.4, -0.2) is 24.8 Å². The van der Waals surface area contributed by atoms with Crippen LogP contribution in [0.2, 0.25) is 0 Å². The van der Waals surface area contributed by atoms with Crippen molar-refractivity contribution in [1.29, 1.82) is 0 Å². The second-order valence-corrected chi connectivity index (χ2v) is 7.84. The van der Waals surface area contributed by atoms with E-state index in [-0.39, 0.29) is 5.78 Å². The molecule has 5 rings (SSSR count). The summed E-state index contributed by atoms with van der Waals surface area (Å²) in [6.07, 6.45) is 0.304. The minimum atomic E-state index is -1.68. The molecule has 150 valence electrons. The maximum Gasteiger partial charge on any atom is 0.330 e. The monoisotopic (exact) mass is 400 g/mol. The molecule has 3 atom stereocenters. The lowest BCUT2D eigenvalue weighted by molar-refractivity contribution is -0.160. The molecule has 3 aromatic carbocycles. The van der Waals surface area contributed by atoms with E-state index in [9.17, 15) is 14.4 Å². The van der Waals surface area contributed by atoms with Crippen molar-refractivity contribution in [3.63, 3.8) is 0 Å². The number of carbonyl (C=O) groups excluding carboxylic acids is 3. The summed E-state index contributed by atoms with van der Waals surface area (Å²) in [5, 5.41) is 1.83. The molecule has 1 fully saturated rings. The summed E-state index contributed by atoms with van der Waals surface area (Å²) < 4.78 is 10.8. The average Bonchev–Trinajstić information content (AvgIpc) is 3.44. The van der Waals surface area contributed by atoms with Crippen molar-refractivity contribution in [3.8, 4) is 5.75 Å². The van der Waals surface area contributed by atoms with Gasteiger partial charge in [-0.05, 0) is 23.3 Å². The molecular weight excluding hydrogens is 380 g/mol. The highest BCUT2D eigenvalue weighted by atomic mass is 16.6. The van der Waals surface area contributed by atoms with Crippen molar-refractivity contribution < 1.29 is 23.9 Å². The fraction of sp³-hybridized carbons (Fsp3) is 0.240. The maximum atomic E-state index is 13.8. The van der Waals surface area contributed by atoms with Gasteiger partial charge in [-0.1, -0.05) is 67.6 Å². The Labute approximate surface area is 173 Å². The summed E-state index contributed by atoms with van der Waals surface area (Å²) in [6, 6.07) is 20.1. The predicted molar refractivity (Wildman–Crippen MR) is 110 cm³/mol. The molecule has 30 heavy (non-hydrogen) atoms. The van der Waals surface area contributed by atoms with Crippen LogP contribution >= 0.6 is 0 Å². The van der Waals surface area contributed by atoms with Gasteiger partial charge in [0.05, 0.1) is 12.5 Å². The SMILES string of the molecule is CC[C@]1(C(=O)c2ccccc2)[C@H]2c3c(ccc4ccccc34)OC(=O)[C@]21C(=O)OC. The standard InChI is InChI=1S/C25H20O5/c1-3-24(21(26)16-10-5-4-6-11-16)20-19-17-12-8-7-9-15(17)13-14-18(19)30-23(28)25(20,24)22(27)29-2/h4-14,20H,3H2,1-2H3/t20-,24-,25-/m1/s1. The molecule has 0 bridgehead atoms. The van der Waals surface area contributed by atoms with Crippen molar-refractivity contribution in [1.82, 2.24) is 0 Å². The molecule has 3 aromatic rings. The van der Waals surface area contributed by atoms with Crippen LogP contribution in [0.4, 0.5) is 0 Å². The summed E-state index contributed by atoms with van der Waals surface area (Å²) in [5.74, 6) is -1.91. The Morgan fingerprint density at radius 3 is 2.40 bits per heavy atom. The number of benzene rings is 3. The van der Waals surface area contributed by atoms with Gasteiger partial charge in [0.1, 0.15) is 5.75 Å². The van der Waals surface area contributed by atoms with Gasteiger partial charge in [0.2, 0.25) is 0 Å². The highest BCUT2D eigenvalue weighted by Gasteiger charge is 2.90. The van der Waals surface area contributed by atoms with E-state index < -0.39 is 28.7 Å². The van der Waals surface area contributed by atoms with Crippen molar-refractivity contribution in [3.05, 3.63) is 77.9 Å². The maximum absolute atomic E-state index is 13.8. The number of carbonyl (C=O) groups is 3. The summed E-state index contributed by atoms with van der Waals surface area (Å²) in [5.41, 5.74) is -1.75. The van der Waals surface area contributed by atoms with Crippen molar-refractivity contribution >= 4 is 28.5 Å². The van der Waals surface area contributed by atoms with Gasteiger partial charge in [-0.25, -0.2) is 0 Å². The second-order valence-electron chi connectivity index (χ2n) is 7.84. The van der Waals surface area contributed by atoms with Crippen LogP contribution in [0.5, 0.6) is 5.75 Å². The number of fused-ring (bicyclic) bond motifs is 5. The van der Waals surface area contributed by atoms with Gasteiger partial charge < -0.3 is 9.47 Å². The minimum absolute atomic E-state index is 0.237. The first-order valence-corrected chi connectivity index (χ1v) is 9.96. The highest BCUT2D eigenvalue weighted by molar-refractivity contribution is 6.21. The highest BCUT2D eigenvalue weighted by Crippen LogP contribution is 2.80. The van der Waals surface area contributed by atoms with Crippen LogP contribution in [0.25, 0.3) is 10.8 Å². The average molecular weight is 400 g/mol. The smallest absolute Gasteiger partial charge is 0.330 e. The normalized spacial score (nSPS) is 26.3. The van der Waals surface area contributed by atoms with Crippen molar-refractivity contribution in [2.75, 3.05) is 7.11 Å². The number of methoxy groups -OCH3 is 1. The molecule has 1 saturated carbocycles. The summed E-state index contributed by atoms with van der Waals surface area (Å²) >= 11 is 0. The van der Waals surface area contributed by atoms with Crippen LogP contribution in [0, 0.1) is 10.8 Å². The first kappa shape index (κ1) is 18.6. The molecule has 0 saturated heterocycles. The Morgan fingerprint density at radius 2 is 1.70 bits per heavy atom. The van der Waals surface area contributed by atoms with Gasteiger partial charge in [-0.2, -0.15) is 0 Å². The quantitative estimate of drug-likeness (QED) is 0.283. The van der Waals surface area contributed by atoms with Crippen LogP contribution in [0.1, 0.15) is 35.2 Å². The van der Waals surface area contributed by atoms with Gasteiger partial charge in [0, 0.05) is 17.0 Å². The van der Waals surface area contributed by atoms with Gasteiger partial charge in [-0.3, -0.25) is 14.4 Å². The van der Waals surface area contributed by atoms with E-state index in [0.29, 0.717) is 17.7 Å². The van der Waals surface area contributed by atoms with Gasteiger partial charge in [0.15, 0.2) is 11.2 Å². The molecule has 0 unspecified atom stereocenters. The number of rotatable bonds is 4. The van der Waals surface area contributed by atoms with Gasteiger partial charge in [-0.15, -0.1) is 0 Å². The number of hydrogen-bond donors (Lipinski definition) is 0. The van der Waals surface area contributed by atoms with E-state index in [2.05, 4.69) is 0 Å². The molecule has 1 heterocycles. The van der Waals surface area contributed by atoms with Crippen LogP contribution in [0.15, 0.2) is 66.7 Å². The molecular formula is C25H20O5. The zero-order valence-corrected chi connectivity index (χ0v) is 16.7. The van der Waals surface area contributed by atoms with Gasteiger partial charge >= 0.3 is 11.9 Å². The van der Waals surface area contributed by atoms with E-state index in [1.54, 1.807) is 30.3 Å². The first-order chi connectivity index (χ1) is 14.5. The third-order valence-electron chi connectivity index (χ3n) is 6.80. The lowest BCUT2D eigenvalue weighted by Crippen LogP contribution is -2.40. The molecule has 5 heteroatoms. The summed E-state index contributed by atoms with van der Waals surface area (Å²) in [4.78, 5) is 40.2. The van der Waals surface area contributed by atoms with E-state index in [4.69, 9.17) is 9.47 Å². The van der Waals surface area contributed by atoms with E-state index >= 15 is 0 Å². The molecule has 1 aliphatic heterocycles. The number of ether oxygens (including phenoxy) is 2. The third kappa shape index (κ3) is 1.99. The van der Waals surface area contributed by atoms with Crippen molar-refractivity contribution in [2.45, 2.75) is 19.3 Å². The Morgan fingerprint density at radius 1 is 1.00 bits per heavy atom. The summed E-state index contributed by atoms with van der Waals surface area (Å²) in [6.45, 7) is 1.84. The largest absolute Gasteiger partial charge is 0.468 e. The predicted octanol–water partition coefficient (Wildman–Crippen LogP) is 4.29. The van der Waals surface area contributed by atoms with Crippen molar-refractivity contribution in [2.24, 2.45) is 10.8 Å². The number of ketones is 1. The fourth-order valence-corrected chi connectivity index (χ4v) is 5.49. The molecule has 0 amide bonds. The molecule has 0 radical (unpaired) electrons. The lowest BCUT2D eigenvalue weighted by atomic mass is 9.83. The Balaban J connectivity index is 1.83. The van der Waals surface area contributed by atoms with Crippen LogP contribution in [0.3, 0.4) is 0 Å². The zero-order valence-electron chi connectivity index (χ0n) is 16.7. The van der Waals surface area contributed by atoms with E-state index in [0.717, 1.165) is 16.3 Å². The Kier molecular flexibility index (Phi) is 3.87. The minimum Gasteiger partial charge on any atom is -0.468 e. The number of Topliss-reactive ketones (excluding diaryl/α,β-unsaturated/α-hetero) is 1. The van der Waals surface area contributed by atoms with Crippen LogP contribution < -0.4 is 4.74 Å². The molecule has 1 aliphatic carbocycles.